The third-order valence-corrected chi connectivity index (χ3v) is 2.76. The van der Waals surface area contributed by atoms with E-state index >= 15 is 0 Å². The summed E-state index contributed by atoms with van der Waals surface area (Å²) in [6.45, 7) is 3.75. The monoisotopic (exact) mass is 265 g/mol. The Hall–Kier alpha value is -2.24. The Bertz CT molecular complexity index is 486. The summed E-state index contributed by atoms with van der Waals surface area (Å²) in [6.07, 6.45) is 0. The van der Waals surface area contributed by atoms with Crippen LogP contribution in [-0.2, 0) is 9.53 Å². The van der Waals surface area contributed by atoms with Gasteiger partial charge in [0.2, 0.25) is 5.91 Å². The molecule has 1 unspecified atom stereocenters. The normalized spacial score (nSPS) is 12.0. The molecule has 0 aliphatic rings. The van der Waals surface area contributed by atoms with E-state index in [1.807, 2.05) is 13.8 Å². The van der Waals surface area contributed by atoms with Crippen LogP contribution in [0.15, 0.2) is 18.2 Å². The van der Waals surface area contributed by atoms with E-state index < -0.39 is 17.9 Å². The fourth-order valence-corrected chi connectivity index (χ4v) is 1.67. The van der Waals surface area contributed by atoms with Gasteiger partial charge >= 0.3 is 5.97 Å². The van der Waals surface area contributed by atoms with Crippen molar-refractivity contribution in [2.45, 2.75) is 19.9 Å². The number of methoxy groups -OCH3 is 1. The minimum absolute atomic E-state index is 0.0252. The molecule has 0 bridgehead atoms. The molecule has 6 nitrogen and oxygen atoms in total. The first kappa shape index (κ1) is 14.8. The fourth-order valence-electron chi connectivity index (χ4n) is 1.67. The molecule has 0 spiro atoms. The Morgan fingerprint density at radius 1 is 1.32 bits per heavy atom. The van der Waals surface area contributed by atoms with Crippen molar-refractivity contribution >= 4 is 23.3 Å². The van der Waals surface area contributed by atoms with Crippen molar-refractivity contribution in [3.8, 4) is 0 Å². The summed E-state index contributed by atoms with van der Waals surface area (Å²) in [5, 5.41) is 2.98. The number of esters is 1. The lowest BCUT2D eigenvalue weighted by Gasteiger charge is -2.21. The van der Waals surface area contributed by atoms with E-state index in [0.717, 1.165) is 0 Å². The second kappa shape index (κ2) is 6.08. The molecular weight excluding hydrogens is 246 g/mol. The predicted octanol–water partition coefficient (Wildman–Crippen LogP) is 0.977. The zero-order valence-electron chi connectivity index (χ0n) is 11.3. The van der Waals surface area contributed by atoms with Crippen LogP contribution in [0.1, 0.15) is 24.2 Å². The molecule has 0 fully saturated rings. The molecule has 1 amide bonds. The minimum Gasteiger partial charge on any atom is -0.465 e. The fraction of sp³-hybridized carbons (Fsp3) is 0.385. The summed E-state index contributed by atoms with van der Waals surface area (Å²) in [4.78, 5) is 22.7. The molecule has 0 heterocycles. The van der Waals surface area contributed by atoms with E-state index in [4.69, 9.17) is 11.5 Å². The smallest absolute Gasteiger partial charge is 0.337 e. The molecule has 0 aromatic heterocycles. The average molecular weight is 265 g/mol. The van der Waals surface area contributed by atoms with Gasteiger partial charge in [-0.2, -0.15) is 0 Å². The summed E-state index contributed by atoms with van der Waals surface area (Å²) in [7, 11) is 1.30. The third kappa shape index (κ3) is 3.61. The van der Waals surface area contributed by atoms with Gasteiger partial charge in [0.25, 0.3) is 0 Å². The Labute approximate surface area is 112 Å². The van der Waals surface area contributed by atoms with E-state index in [2.05, 4.69) is 10.1 Å². The van der Waals surface area contributed by atoms with Crippen LogP contribution in [0.3, 0.4) is 0 Å². The highest BCUT2D eigenvalue weighted by Gasteiger charge is 2.20. The second-order valence-corrected chi connectivity index (χ2v) is 4.56. The zero-order chi connectivity index (χ0) is 14.6. The van der Waals surface area contributed by atoms with E-state index in [1.54, 1.807) is 12.1 Å². The van der Waals surface area contributed by atoms with Gasteiger partial charge in [-0.25, -0.2) is 4.79 Å². The number of primary amides is 1. The molecule has 1 atom stereocenters. The Kier molecular flexibility index (Phi) is 4.74. The molecule has 6 heteroatoms. The number of rotatable bonds is 5. The highest BCUT2D eigenvalue weighted by Crippen LogP contribution is 2.22. The van der Waals surface area contributed by atoms with Gasteiger partial charge in [0.1, 0.15) is 6.04 Å². The lowest BCUT2D eigenvalue weighted by Crippen LogP contribution is -2.39. The summed E-state index contributed by atoms with van der Waals surface area (Å²) < 4.78 is 4.60. The molecule has 19 heavy (non-hydrogen) atoms. The van der Waals surface area contributed by atoms with Crippen LogP contribution in [0.5, 0.6) is 0 Å². The molecule has 104 valence electrons. The van der Waals surface area contributed by atoms with Crippen LogP contribution in [0, 0.1) is 5.92 Å². The molecule has 0 radical (unpaired) electrons. The molecule has 1 rings (SSSR count). The summed E-state index contributed by atoms with van der Waals surface area (Å²) in [6, 6.07) is 4.17. The van der Waals surface area contributed by atoms with Gasteiger partial charge in [-0.15, -0.1) is 0 Å². The van der Waals surface area contributed by atoms with Gasteiger partial charge in [0, 0.05) is 0 Å². The number of hydrogen-bond donors (Lipinski definition) is 3. The van der Waals surface area contributed by atoms with Crippen LogP contribution in [-0.4, -0.2) is 25.0 Å². The molecule has 5 N–H and O–H groups in total. The van der Waals surface area contributed by atoms with Gasteiger partial charge in [0.05, 0.1) is 24.0 Å². The minimum atomic E-state index is -0.522. The van der Waals surface area contributed by atoms with E-state index in [1.165, 1.54) is 13.2 Å². The number of nitrogen functional groups attached to an aromatic ring is 1. The van der Waals surface area contributed by atoms with Crippen molar-refractivity contribution in [2.24, 2.45) is 11.7 Å². The van der Waals surface area contributed by atoms with Crippen molar-refractivity contribution < 1.29 is 14.3 Å². The first-order valence-electron chi connectivity index (χ1n) is 5.90. The second-order valence-electron chi connectivity index (χ2n) is 4.56. The summed E-state index contributed by atoms with van der Waals surface area (Å²) >= 11 is 0. The summed E-state index contributed by atoms with van der Waals surface area (Å²) in [5.74, 6) is -0.891. The largest absolute Gasteiger partial charge is 0.465 e. The van der Waals surface area contributed by atoms with E-state index in [9.17, 15) is 9.59 Å². The average Bonchev–Trinajstić information content (AvgIpc) is 2.35. The Morgan fingerprint density at radius 3 is 2.37 bits per heavy atom. The topological polar surface area (TPSA) is 107 Å². The molecule has 0 saturated heterocycles. The highest BCUT2D eigenvalue weighted by atomic mass is 16.5. The maximum Gasteiger partial charge on any atom is 0.337 e. The van der Waals surface area contributed by atoms with E-state index in [0.29, 0.717) is 16.9 Å². The van der Waals surface area contributed by atoms with Crippen molar-refractivity contribution in [1.29, 1.82) is 0 Å². The standard InChI is InChI=1S/C13H19N3O3/c1-7(2)11(12(15)17)16-10-5-4-8(6-9(10)14)13(18)19-3/h4-7,11,16H,14H2,1-3H3,(H2,15,17). The maximum atomic E-state index is 11.3. The van der Waals surface area contributed by atoms with Gasteiger partial charge in [-0.3, -0.25) is 4.79 Å². The van der Waals surface area contributed by atoms with E-state index in [-0.39, 0.29) is 5.92 Å². The third-order valence-electron chi connectivity index (χ3n) is 2.76. The number of carbonyl (C=O) groups is 2. The van der Waals surface area contributed by atoms with Gasteiger partial charge in [-0.1, -0.05) is 13.8 Å². The molecule has 1 aromatic rings. The maximum absolute atomic E-state index is 11.3. The first-order valence-corrected chi connectivity index (χ1v) is 5.90. The number of nitrogens with one attached hydrogen (secondary N) is 1. The van der Waals surface area contributed by atoms with Crippen molar-refractivity contribution in [3.63, 3.8) is 0 Å². The van der Waals surface area contributed by atoms with Gasteiger partial charge in [0.15, 0.2) is 0 Å². The van der Waals surface area contributed by atoms with Crippen LogP contribution in [0.4, 0.5) is 11.4 Å². The van der Waals surface area contributed by atoms with Crippen LogP contribution >= 0.6 is 0 Å². The van der Waals surface area contributed by atoms with Gasteiger partial charge < -0.3 is 21.5 Å². The summed E-state index contributed by atoms with van der Waals surface area (Å²) in [5.41, 5.74) is 12.4. The SMILES string of the molecule is COC(=O)c1ccc(NC(C(N)=O)C(C)C)c(N)c1. The van der Waals surface area contributed by atoms with Crippen LogP contribution in [0.25, 0.3) is 0 Å². The first-order chi connectivity index (χ1) is 8.86. The van der Waals surface area contributed by atoms with Crippen molar-refractivity contribution in [2.75, 3.05) is 18.2 Å². The van der Waals surface area contributed by atoms with Crippen molar-refractivity contribution in [3.05, 3.63) is 23.8 Å². The number of nitrogens with two attached hydrogens (primary N) is 2. The van der Waals surface area contributed by atoms with Crippen LogP contribution in [0.2, 0.25) is 0 Å². The zero-order valence-corrected chi connectivity index (χ0v) is 11.3. The van der Waals surface area contributed by atoms with Crippen molar-refractivity contribution in [1.82, 2.24) is 0 Å². The Balaban J connectivity index is 2.97. The highest BCUT2D eigenvalue weighted by molar-refractivity contribution is 5.92. The number of benzene rings is 1. The van der Waals surface area contributed by atoms with Gasteiger partial charge in [-0.05, 0) is 24.1 Å². The number of carbonyl (C=O) groups excluding carboxylic acids is 2. The predicted molar refractivity (Wildman–Crippen MR) is 73.6 cm³/mol. The number of anilines is 2. The quantitative estimate of drug-likeness (QED) is 0.543. The van der Waals surface area contributed by atoms with Crippen LogP contribution < -0.4 is 16.8 Å². The molecule has 0 saturated carbocycles. The number of hydrogen-bond acceptors (Lipinski definition) is 5. The number of ether oxygens (including phenoxy) is 1. The molecular formula is C13H19N3O3. The Morgan fingerprint density at radius 2 is 1.95 bits per heavy atom. The molecule has 0 aliphatic carbocycles. The molecule has 1 aromatic carbocycles. The lowest BCUT2D eigenvalue weighted by atomic mass is 10.0. The lowest BCUT2D eigenvalue weighted by molar-refractivity contribution is -0.119. The molecule has 0 aliphatic heterocycles. The number of amides is 1.